The largest absolute Gasteiger partial charge is 0.444 e. The first-order valence-corrected chi connectivity index (χ1v) is 5.49. The van der Waals surface area contributed by atoms with Crippen LogP contribution in [0.15, 0.2) is 22.6 Å². The first kappa shape index (κ1) is 11.6. The highest BCUT2D eigenvalue weighted by molar-refractivity contribution is 5.50. The van der Waals surface area contributed by atoms with Crippen LogP contribution in [-0.4, -0.2) is 4.98 Å². The lowest BCUT2D eigenvalue weighted by atomic mass is 10.2. The zero-order valence-corrected chi connectivity index (χ0v) is 10.2. The van der Waals surface area contributed by atoms with Crippen LogP contribution in [0.3, 0.4) is 0 Å². The van der Waals surface area contributed by atoms with Gasteiger partial charge in [0.25, 0.3) is 0 Å². The van der Waals surface area contributed by atoms with E-state index in [1.54, 1.807) is 6.07 Å². The first-order valence-electron chi connectivity index (χ1n) is 5.49. The molecule has 0 saturated carbocycles. The molecule has 0 aliphatic heterocycles. The summed E-state index contributed by atoms with van der Waals surface area (Å²) in [4.78, 5) is 4.25. The Hall–Kier alpha value is -1.84. The summed E-state index contributed by atoms with van der Waals surface area (Å²) in [5, 5.41) is 3.11. The molecule has 0 aliphatic rings. The number of halogens is 1. The molecule has 3 nitrogen and oxygen atoms in total. The number of benzene rings is 1. The minimum Gasteiger partial charge on any atom is -0.444 e. The maximum absolute atomic E-state index is 13.1. The molecule has 0 spiro atoms. The van der Waals surface area contributed by atoms with Crippen LogP contribution < -0.4 is 5.32 Å². The van der Waals surface area contributed by atoms with Gasteiger partial charge in [-0.3, -0.25) is 0 Å². The molecule has 17 heavy (non-hydrogen) atoms. The Balaban J connectivity index is 2.09. The molecule has 2 rings (SSSR count). The van der Waals surface area contributed by atoms with Crippen molar-refractivity contribution in [2.45, 2.75) is 27.3 Å². The van der Waals surface area contributed by atoms with Crippen LogP contribution in [0.4, 0.5) is 10.1 Å². The van der Waals surface area contributed by atoms with Crippen molar-refractivity contribution in [1.29, 1.82) is 0 Å². The second kappa shape index (κ2) is 4.57. The number of oxazole rings is 1. The summed E-state index contributed by atoms with van der Waals surface area (Å²) in [7, 11) is 0. The third kappa shape index (κ3) is 2.64. The van der Waals surface area contributed by atoms with E-state index in [1.807, 2.05) is 20.8 Å². The monoisotopic (exact) mass is 234 g/mol. The van der Waals surface area contributed by atoms with Crippen molar-refractivity contribution >= 4 is 5.69 Å². The van der Waals surface area contributed by atoms with Crippen LogP contribution in [0.5, 0.6) is 0 Å². The summed E-state index contributed by atoms with van der Waals surface area (Å²) in [5.41, 5.74) is 2.64. The maximum atomic E-state index is 13.1. The second-order valence-corrected chi connectivity index (χ2v) is 4.06. The molecule has 1 heterocycles. The Bertz CT molecular complexity index is 515. The van der Waals surface area contributed by atoms with Gasteiger partial charge in [-0.25, -0.2) is 9.37 Å². The Morgan fingerprint density at radius 1 is 1.29 bits per heavy atom. The normalized spacial score (nSPS) is 10.6. The Kier molecular flexibility index (Phi) is 3.13. The molecule has 90 valence electrons. The van der Waals surface area contributed by atoms with Gasteiger partial charge in [-0.1, -0.05) is 6.07 Å². The van der Waals surface area contributed by atoms with E-state index in [0.717, 1.165) is 22.7 Å². The van der Waals surface area contributed by atoms with Crippen LogP contribution >= 0.6 is 0 Å². The Morgan fingerprint density at radius 3 is 2.71 bits per heavy atom. The lowest BCUT2D eigenvalue weighted by Gasteiger charge is -2.07. The number of nitrogens with zero attached hydrogens (tertiary/aromatic N) is 1. The van der Waals surface area contributed by atoms with E-state index in [0.29, 0.717) is 12.4 Å². The van der Waals surface area contributed by atoms with Gasteiger partial charge in [0.15, 0.2) is 0 Å². The van der Waals surface area contributed by atoms with E-state index in [9.17, 15) is 4.39 Å². The van der Waals surface area contributed by atoms with E-state index in [1.165, 1.54) is 12.1 Å². The summed E-state index contributed by atoms with van der Waals surface area (Å²) in [6, 6.07) is 4.65. The molecule has 1 aromatic heterocycles. The van der Waals surface area contributed by atoms with E-state index in [4.69, 9.17) is 4.42 Å². The molecule has 0 atom stereocenters. The van der Waals surface area contributed by atoms with Crippen molar-refractivity contribution < 1.29 is 8.81 Å². The van der Waals surface area contributed by atoms with Gasteiger partial charge in [-0.15, -0.1) is 0 Å². The van der Waals surface area contributed by atoms with Gasteiger partial charge in [0, 0.05) is 5.69 Å². The molecule has 0 radical (unpaired) electrons. The van der Waals surface area contributed by atoms with Gasteiger partial charge >= 0.3 is 0 Å². The van der Waals surface area contributed by atoms with Crippen LogP contribution in [0.1, 0.15) is 22.9 Å². The summed E-state index contributed by atoms with van der Waals surface area (Å²) in [6.07, 6.45) is 0. The highest BCUT2D eigenvalue weighted by Crippen LogP contribution is 2.17. The van der Waals surface area contributed by atoms with Gasteiger partial charge in [-0.05, 0) is 38.5 Å². The smallest absolute Gasteiger partial charge is 0.213 e. The van der Waals surface area contributed by atoms with Gasteiger partial charge in [0.1, 0.15) is 11.6 Å². The van der Waals surface area contributed by atoms with E-state index in [-0.39, 0.29) is 5.82 Å². The number of rotatable bonds is 3. The molecule has 0 saturated heterocycles. The molecular weight excluding hydrogens is 219 g/mol. The van der Waals surface area contributed by atoms with Crippen molar-refractivity contribution in [3.05, 3.63) is 46.9 Å². The van der Waals surface area contributed by atoms with E-state index >= 15 is 0 Å². The van der Waals surface area contributed by atoms with Crippen molar-refractivity contribution in [1.82, 2.24) is 4.98 Å². The average Bonchev–Trinajstić information content (AvgIpc) is 2.60. The molecule has 0 aliphatic carbocycles. The molecule has 2 aromatic rings. The van der Waals surface area contributed by atoms with Crippen LogP contribution in [0, 0.1) is 26.6 Å². The molecule has 1 aromatic carbocycles. The number of aromatic nitrogens is 1. The molecular formula is C13H15FN2O. The van der Waals surface area contributed by atoms with Crippen molar-refractivity contribution in [2.24, 2.45) is 0 Å². The van der Waals surface area contributed by atoms with Gasteiger partial charge in [0.05, 0.1) is 12.2 Å². The molecule has 0 amide bonds. The van der Waals surface area contributed by atoms with Crippen LogP contribution in [-0.2, 0) is 6.54 Å². The Labute approximate surface area is 99.7 Å². The minimum absolute atomic E-state index is 0.252. The fraction of sp³-hybridized carbons (Fsp3) is 0.308. The molecule has 0 fully saturated rings. The number of hydrogen-bond acceptors (Lipinski definition) is 3. The number of anilines is 1. The zero-order valence-electron chi connectivity index (χ0n) is 10.2. The zero-order chi connectivity index (χ0) is 12.4. The second-order valence-electron chi connectivity index (χ2n) is 4.06. The summed E-state index contributed by atoms with van der Waals surface area (Å²) in [6.45, 7) is 6.15. The van der Waals surface area contributed by atoms with Gasteiger partial charge in [-0.2, -0.15) is 0 Å². The molecule has 1 N–H and O–H groups in total. The van der Waals surface area contributed by atoms with Crippen LogP contribution in [0.2, 0.25) is 0 Å². The topological polar surface area (TPSA) is 38.1 Å². The number of nitrogens with one attached hydrogen (secondary N) is 1. The predicted molar refractivity (Wildman–Crippen MR) is 64.4 cm³/mol. The van der Waals surface area contributed by atoms with Crippen molar-refractivity contribution in [3.63, 3.8) is 0 Å². The van der Waals surface area contributed by atoms with Crippen molar-refractivity contribution in [3.8, 4) is 0 Å². The standard InChI is InChI=1S/C13H15FN2O/c1-8-4-5-11(14)6-12(8)15-7-13-16-9(2)10(3)17-13/h4-6,15H,7H2,1-3H3. The SMILES string of the molecule is Cc1ccc(F)cc1NCc1nc(C)c(C)o1. The third-order valence-corrected chi connectivity index (χ3v) is 2.70. The first-order chi connectivity index (χ1) is 8.06. The lowest BCUT2D eigenvalue weighted by Crippen LogP contribution is -2.01. The molecule has 4 heteroatoms. The lowest BCUT2D eigenvalue weighted by molar-refractivity contribution is 0.478. The molecule has 0 unspecified atom stereocenters. The van der Waals surface area contributed by atoms with Gasteiger partial charge in [0.2, 0.25) is 5.89 Å². The summed E-state index contributed by atoms with van der Waals surface area (Å²) in [5.74, 6) is 1.18. The highest BCUT2D eigenvalue weighted by Gasteiger charge is 2.06. The molecule has 0 bridgehead atoms. The number of hydrogen-bond donors (Lipinski definition) is 1. The summed E-state index contributed by atoms with van der Waals surface area (Å²) >= 11 is 0. The predicted octanol–water partition coefficient (Wildman–Crippen LogP) is 3.35. The fourth-order valence-corrected chi connectivity index (χ4v) is 1.57. The Morgan fingerprint density at radius 2 is 2.06 bits per heavy atom. The summed E-state index contributed by atoms with van der Waals surface area (Å²) < 4.78 is 18.5. The average molecular weight is 234 g/mol. The van der Waals surface area contributed by atoms with Crippen LogP contribution in [0.25, 0.3) is 0 Å². The third-order valence-electron chi connectivity index (χ3n) is 2.70. The van der Waals surface area contributed by atoms with E-state index < -0.39 is 0 Å². The van der Waals surface area contributed by atoms with E-state index in [2.05, 4.69) is 10.3 Å². The number of aryl methyl sites for hydroxylation is 3. The highest BCUT2D eigenvalue weighted by atomic mass is 19.1. The quantitative estimate of drug-likeness (QED) is 0.885. The van der Waals surface area contributed by atoms with Gasteiger partial charge < -0.3 is 9.73 Å². The fourth-order valence-electron chi connectivity index (χ4n) is 1.57. The maximum Gasteiger partial charge on any atom is 0.213 e. The van der Waals surface area contributed by atoms with Crippen molar-refractivity contribution in [2.75, 3.05) is 5.32 Å². The minimum atomic E-state index is -0.252.